The summed E-state index contributed by atoms with van der Waals surface area (Å²) in [6.45, 7) is 5.22. The summed E-state index contributed by atoms with van der Waals surface area (Å²) >= 11 is 1.69. The van der Waals surface area contributed by atoms with E-state index in [2.05, 4.69) is 22.5 Å². The summed E-state index contributed by atoms with van der Waals surface area (Å²) in [7, 11) is 0. The number of aryl methyl sites for hydroxylation is 2. The number of carbonyl (C=O) groups is 1. The molecule has 2 aromatic rings. The van der Waals surface area contributed by atoms with Crippen LogP contribution in [0.25, 0.3) is 0 Å². The molecule has 0 saturated carbocycles. The Labute approximate surface area is 123 Å². The number of hydrogen-bond acceptors (Lipinski definition) is 3. The second kappa shape index (κ2) is 7.05. The fourth-order valence-electron chi connectivity index (χ4n) is 1.77. The van der Waals surface area contributed by atoms with Crippen LogP contribution >= 0.6 is 11.3 Å². The van der Waals surface area contributed by atoms with Gasteiger partial charge < -0.3 is 10.6 Å². The summed E-state index contributed by atoms with van der Waals surface area (Å²) in [5, 5.41) is 6.75. The number of hydrogen-bond donors (Lipinski definition) is 2. The Morgan fingerprint density at radius 1 is 1.20 bits per heavy atom. The van der Waals surface area contributed by atoms with Crippen molar-refractivity contribution in [1.82, 2.24) is 15.6 Å². The van der Waals surface area contributed by atoms with E-state index in [0.29, 0.717) is 13.1 Å². The van der Waals surface area contributed by atoms with E-state index >= 15 is 0 Å². The van der Waals surface area contributed by atoms with E-state index in [1.54, 1.807) is 11.3 Å². The quantitative estimate of drug-likeness (QED) is 0.889. The molecule has 0 aliphatic heterocycles. The zero-order valence-electron chi connectivity index (χ0n) is 11.8. The smallest absolute Gasteiger partial charge is 0.315 e. The molecule has 0 radical (unpaired) electrons. The highest BCUT2D eigenvalue weighted by Gasteiger charge is 2.04. The van der Waals surface area contributed by atoms with Gasteiger partial charge >= 0.3 is 6.03 Å². The van der Waals surface area contributed by atoms with E-state index in [-0.39, 0.29) is 6.03 Å². The van der Waals surface area contributed by atoms with Crippen molar-refractivity contribution in [1.29, 1.82) is 0 Å². The van der Waals surface area contributed by atoms with Gasteiger partial charge in [-0.2, -0.15) is 0 Å². The minimum absolute atomic E-state index is 0.140. The fourth-order valence-corrected chi connectivity index (χ4v) is 2.70. The van der Waals surface area contributed by atoms with Crippen molar-refractivity contribution in [2.24, 2.45) is 0 Å². The van der Waals surface area contributed by atoms with Gasteiger partial charge in [-0.05, 0) is 19.4 Å². The number of carbonyl (C=O) groups excluding carboxylic acids is 1. The minimum Gasteiger partial charge on any atom is -0.338 e. The van der Waals surface area contributed by atoms with Crippen molar-refractivity contribution in [3.05, 3.63) is 51.5 Å². The summed E-state index contributed by atoms with van der Waals surface area (Å²) < 4.78 is 0. The van der Waals surface area contributed by atoms with Gasteiger partial charge in [0.1, 0.15) is 0 Å². The van der Waals surface area contributed by atoms with Crippen molar-refractivity contribution in [3.63, 3.8) is 0 Å². The highest BCUT2D eigenvalue weighted by molar-refractivity contribution is 7.11. The van der Waals surface area contributed by atoms with Crippen LogP contribution in [0.3, 0.4) is 0 Å². The molecular weight excluding hydrogens is 270 g/mol. The van der Waals surface area contributed by atoms with Crippen LogP contribution in [0.2, 0.25) is 0 Å². The number of nitrogens with one attached hydrogen (secondary N) is 2. The van der Waals surface area contributed by atoms with Gasteiger partial charge in [-0.1, -0.05) is 30.3 Å². The molecule has 5 heteroatoms. The zero-order valence-corrected chi connectivity index (χ0v) is 12.6. The Bertz CT molecular complexity index is 546. The van der Waals surface area contributed by atoms with Gasteiger partial charge in [0.05, 0.1) is 10.7 Å². The van der Waals surface area contributed by atoms with Crippen molar-refractivity contribution in [2.45, 2.75) is 26.8 Å². The third kappa shape index (κ3) is 4.35. The molecule has 2 rings (SSSR count). The molecule has 1 heterocycles. The van der Waals surface area contributed by atoms with Crippen LogP contribution in [0.5, 0.6) is 0 Å². The molecular formula is C15H19N3OS. The maximum Gasteiger partial charge on any atom is 0.315 e. The molecule has 0 spiro atoms. The predicted octanol–water partition coefficient (Wildman–Crippen LogP) is 2.80. The van der Waals surface area contributed by atoms with E-state index in [0.717, 1.165) is 22.7 Å². The summed E-state index contributed by atoms with van der Waals surface area (Å²) in [5.74, 6) is 0. The summed E-state index contributed by atoms with van der Waals surface area (Å²) in [5.41, 5.74) is 2.17. The molecule has 0 atom stereocenters. The van der Waals surface area contributed by atoms with Crippen LogP contribution in [0.15, 0.2) is 30.3 Å². The van der Waals surface area contributed by atoms with Crippen molar-refractivity contribution >= 4 is 17.4 Å². The summed E-state index contributed by atoms with van der Waals surface area (Å²) in [4.78, 5) is 17.3. The molecule has 1 aromatic heterocycles. The lowest BCUT2D eigenvalue weighted by atomic mass is 10.2. The van der Waals surface area contributed by atoms with Gasteiger partial charge in [-0.25, -0.2) is 9.78 Å². The molecule has 0 aliphatic carbocycles. The van der Waals surface area contributed by atoms with E-state index in [4.69, 9.17) is 0 Å². The van der Waals surface area contributed by atoms with E-state index in [1.165, 1.54) is 4.88 Å². The Kier molecular flexibility index (Phi) is 5.12. The van der Waals surface area contributed by atoms with Crippen molar-refractivity contribution in [2.75, 3.05) is 6.54 Å². The molecule has 2 amide bonds. The third-order valence-electron chi connectivity index (χ3n) is 2.99. The highest BCUT2D eigenvalue weighted by atomic mass is 32.1. The van der Waals surface area contributed by atoms with E-state index in [9.17, 15) is 4.79 Å². The van der Waals surface area contributed by atoms with Crippen LogP contribution in [0.1, 0.15) is 21.1 Å². The van der Waals surface area contributed by atoms with Gasteiger partial charge in [0, 0.05) is 24.4 Å². The lowest BCUT2D eigenvalue weighted by Crippen LogP contribution is -2.36. The van der Waals surface area contributed by atoms with E-state index < -0.39 is 0 Å². The summed E-state index contributed by atoms with van der Waals surface area (Å²) in [6, 6.07) is 9.72. The Balaban J connectivity index is 1.68. The molecule has 0 aliphatic rings. The predicted molar refractivity (Wildman–Crippen MR) is 82.0 cm³/mol. The largest absolute Gasteiger partial charge is 0.338 e. The second-order valence-electron chi connectivity index (χ2n) is 4.59. The number of amides is 2. The lowest BCUT2D eigenvalue weighted by Gasteiger charge is -2.06. The SMILES string of the molecule is Cc1nc(CCNC(=O)NCc2ccccc2)sc1C. The van der Waals surface area contributed by atoms with Gasteiger partial charge in [-0.3, -0.25) is 0 Å². The van der Waals surface area contributed by atoms with Crippen molar-refractivity contribution < 1.29 is 4.79 Å². The monoisotopic (exact) mass is 289 g/mol. The van der Waals surface area contributed by atoms with Gasteiger partial charge in [0.15, 0.2) is 0 Å². The van der Waals surface area contributed by atoms with Gasteiger partial charge in [-0.15, -0.1) is 11.3 Å². The standard InChI is InChI=1S/C15H19N3OS/c1-11-12(2)20-14(18-11)8-9-16-15(19)17-10-13-6-4-3-5-7-13/h3-7H,8-10H2,1-2H3,(H2,16,17,19). The molecule has 1 aromatic carbocycles. The normalized spacial score (nSPS) is 10.3. The number of rotatable bonds is 5. The molecule has 106 valence electrons. The second-order valence-corrected chi connectivity index (χ2v) is 5.88. The summed E-state index contributed by atoms with van der Waals surface area (Å²) in [6.07, 6.45) is 0.776. The average molecular weight is 289 g/mol. The maximum atomic E-state index is 11.6. The molecule has 20 heavy (non-hydrogen) atoms. The van der Waals surface area contributed by atoms with Crippen LogP contribution in [-0.2, 0) is 13.0 Å². The number of urea groups is 1. The zero-order chi connectivity index (χ0) is 14.4. The molecule has 0 unspecified atom stereocenters. The topological polar surface area (TPSA) is 54.0 Å². The molecule has 0 bridgehead atoms. The van der Waals surface area contributed by atoms with Crippen LogP contribution < -0.4 is 10.6 Å². The maximum absolute atomic E-state index is 11.6. The van der Waals surface area contributed by atoms with Crippen LogP contribution in [0.4, 0.5) is 4.79 Å². The first-order valence-corrected chi connectivity index (χ1v) is 7.45. The minimum atomic E-state index is -0.140. The number of aromatic nitrogens is 1. The van der Waals surface area contributed by atoms with Crippen LogP contribution in [-0.4, -0.2) is 17.6 Å². The fraction of sp³-hybridized carbons (Fsp3) is 0.333. The first-order chi connectivity index (χ1) is 9.65. The first-order valence-electron chi connectivity index (χ1n) is 6.63. The molecule has 4 nitrogen and oxygen atoms in total. The average Bonchev–Trinajstić information content (AvgIpc) is 2.76. The number of nitrogens with zero attached hydrogens (tertiary/aromatic N) is 1. The lowest BCUT2D eigenvalue weighted by molar-refractivity contribution is 0.240. The van der Waals surface area contributed by atoms with Crippen LogP contribution in [0, 0.1) is 13.8 Å². The van der Waals surface area contributed by atoms with E-state index in [1.807, 2.05) is 37.3 Å². The Morgan fingerprint density at radius 2 is 1.95 bits per heavy atom. The molecule has 2 N–H and O–H groups in total. The number of thiazole rings is 1. The molecule has 0 saturated heterocycles. The Hall–Kier alpha value is -1.88. The van der Waals surface area contributed by atoms with Gasteiger partial charge in [0.2, 0.25) is 0 Å². The number of benzene rings is 1. The van der Waals surface area contributed by atoms with Crippen molar-refractivity contribution in [3.8, 4) is 0 Å². The highest BCUT2D eigenvalue weighted by Crippen LogP contribution is 2.16. The first kappa shape index (κ1) is 14.5. The molecule has 0 fully saturated rings. The third-order valence-corrected chi connectivity index (χ3v) is 4.13. The van der Waals surface area contributed by atoms with Gasteiger partial charge in [0.25, 0.3) is 0 Å². The Morgan fingerprint density at radius 3 is 2.60 bits per heavy atom.